The summed E-state index contributed by atoms with van der Waals surface area (Å²) in [6.07, 6.45) is 4.35. The van der Waals surface area contributed by atoms with Gasteiger partial charge in [0.1, 0.15) is 0 Å². The summed E-state index contributed by atoms with van der Waals surface area (Å²) in [5, 5.41) is 0. The van der Waals surface area contributed by atoms with E-state index in [9.17, 15) is 8.42 Å². The first-order valence-electron chi connectivity index (χ1n) is 3.44. The van der Waals surface area contributed by atoms with E-state index in [1.807, 2.05) is 13.0 Å². The molecular weight excluding hydrogens is 263 g/mol. The second-order valence-corrected chi connectivity index (χ2v) is 6.08. The summed E-state index contributed by atoms with van der Waals surface area (Å²) in [6, 6.07) is 0. The lowest BCUT2D eigenvalue weighted by molar-refractivity contribution is 0.603. The first-order valence-corrected chi connectivity index (χ1v) is 6.54. The number of allylic oxidation sites excluding steroid dienone is 4. The normalized spacial score (nSPS) is 24.8. The molecule has 0 radical (unpaired) electrons. The lowest BCUT2D eigenvalue weighted by Gasteiger charge is -2.15. The van der Waals surface area contributed by atoms with Crippen LogP contribution in [-0.4, -0.2) is 8.42 Å². The van der Waals surface area contributed by atoms with Crippen LogP contribution in [0.1, 0.15) is 13.3 Å². The van der Waals surface area contributed by atoms with Gasteiger partial charge < -0.3 is 0 Å². The van der Waals surface area contributed by atoms with Crippen molar-refractivity contribution in [2.75, 3.05) is 0 Å². The fourth-order valence-electron chi connectivity index (χ4n) is 1.16. The van der Waals surface area contributed by atoms with Gasteiger partial charge >= 0.3 is 0 Å². The third-order valence-corrected chi connectivity index (χ3v) is 4.30. The minimum Gasteiger partial charge on any atom is -0.207 e. The van der Waals surface area contributed by atoms with Gasteiger partial charge in [-0.1, -0.05) is 19.1 Å². The average molecular weight is 272 g/mol. The smallest absolute Gasteiger partial charge is 0.207 e. The van der Waals surface area contributed by atoms with E-state index in [-0.39, 0.29) is 10.8 Å². The van der Waals surface area contributed by atoms with Gasteiger partial charge in [0.15, 0.2) is 0 Å². The van der Waals surface area contributed by atoms with Crippen molar-refractivity contribution in [1.82, 2.24) is 0 Å². The van der Waals surface area contributed by atoms with Crippen molar-refractivity contribution in [3.05, 3.63) is 21.5 Å². The Morgan fingerprint density at radius 3 is 2.58 bits per heavy atom. The van der Waals surface area contributed by atoms with E-state index >= 15 is 0 Å². The molecule has 0 N–H and O–H groups in total. The van der Waals surface area contributed by atoms with Crippen LogP contribution in [0.4, 0.5) is 0 Å². The largest absolute Gasteiger partial charge is 0.258 e. The summed E-state index contributed by atoms with van der Waals surface area (Å²) in [5.41, 5.74) is 0. The molecule has 0 aliphatic heterocycles. The topological polar surface area (TPSA) is 34.1 Å². The zero-order chi connectivity index (χ0) is 9.35. The van der Waals surface area contributed by atoms with Crippen LogP contribution in [0.5, 0.6) is 0 Å². The first-order chi connectivity index (χ1) is 5.43. The molecule has 1 aliphatic carbocycles. The Morgan fingerprint density at radius 2 is 2.25 bits per heavy atom. The molecule has 0 aromatic rings. The van der Waals surface area contributed by atoms with Crippen LogP contribution >= 0.6 is 26.6 Å². The van der Waals surface area contributed by atoms with E-state index in [0.717, 1.165) is 6.42 Å². The van der Waals surface area contributed by atoms with Gasteiger partial charge in [0, 0.05) is 15.2 Å². The van der Waals surface area contributed by atoms with Gasteiger partial charge in [-0.25, -0.2) is 8.42 Å². The maximum atomic E-state index is 11.1. The van der Waals surface area contributed by atoms with E-state index in [1.165, 1.54) is 0 Å². The Labute approximate surface area is 84.8 Å². The van der Waals surface area contributed by atoms with Gasteiger partial charge in [-0.2, -0.15) is 0 Å². The highest BCUT2D eigenvalue weighted by atomic mass is 79.9. The van der Waals surface area contributed by atoms with Crippen molar-refractivity contribution in [3.8, 4) is 0 Å². The number of rotatable bonds is 1. The van der Waals surface area contributed by atoms with Crippen molar-refractivity contribution in [3.63, 3.8) is 0 Å². The van der Waals surface area contributed by atoms with Crippen LogP contribution in [0.25, 0.3) is 0 Å². The van der Waals surface area contributed by atoms with E-state index < -0.39 is 9.05 Å². The third kappa shape index (κ3) is 2.12. The molecule has 0 heterocycles. The fraction of sp³-hybridized carbons (Fsp3) is 0.429. The highest BCUT2D eigenvalue weighted by Gasteiger charge is 2.25. The summed E-state index contributed by atoms with van der Waals surface area (Å²) >= 11 is 3.16. The SMILES string of the molecule is CC1CC=CC(Br)=C1S(=O)(=O)Cl. The predicted molar refractivity (Wildman–Crippen MR) is 53.6 cm³/mol. The predicted octanol–water partition coefficient (Wildman–Crippen LogP) is 2.76. The first kappa shape index (κ1) is 10.3. The highest BCUT2D eigenvalue weighted by molar-refractivity contribution is 9.12. The molecule has 1 atom stereocenters. The molecule has 0 saturated heterocycles. The van der Waals surface area contributed by atoms with E-state index in [0.29, 0.717) is 4.48 Å². The summed E-state index contributed by atoms with van der Waals surface area (Å²) in [4.78, 5) is 0.284. The summed E-state index contributed by atoms with van der Waals surface area (Å²) in [5.74, 6) is -0.0353. The second kappa shape index (κ2) is 3.52. The second-order valence-electron chi connectivity index (χ2n) is 2.69. The zero-order valence-electron chi connectivity index (χ0n) is 6.42. The lowest BCUT2D eigenvalue weighted by atomic mass is 10.0. The van der Waals surface area contributed by atoms with Crippen LogP contribution in [0.3, 0.4) is 0 Å². The molecule has 1 unspecified atom stereocenters. The van der Waals surface area contributed by atoms with E-state index in [2.05, 4.69) is 15.9 Å². The van der Waals surface area contributed by atoms with E-state index in [1.54, 1.807) is 6.08 Å². The van der Waals surface area contributed by atoms with Gasteiger partial charge in [-0.15, -0.1) is 0 Å². The number of hydrogen-bond donors (Lipinski definition) is 0. The molecule has 5 heteroatoms. The molecule has 1 rings (SSSR count). The van der Waals surface area contributed by atoms with Crippen molar-refractivity contribution >= 4 is 35.7 Å². The molecule has 0 spiro atoms. The Balaban J connectivity index is 3.23. The fourth-order valence-corrected chi connectivity index (χ4v) is 4.24. The summed E-state index contributed by atoms with van der Waals surface area (Å²) in [7, 11) is 1.68. The molecule has 12 heavy (non-hydrogen) atoms. The Kier molecular flexibility index (Phi) is 3.01. The Bertz CT molecular complexity index is 342. The average Bonchev–Trinajstić information content (AvgIpc) is 1.82. The monoisotopic (exact) mass is 270 g/mol. The van der Waals surface area contributed by atoms with Crippen molar-refractivity contribution in [2.45, 2.75) is 13.3 Å². The Hall–Kier alpha value is 0.200. The minimum atomic E-state index is -3.57. The molecule has 68 valence electrons. The lowest BCUT2D eigenvalue weighted by Crippen LogP contribution is -2.09. The maximum absolute atomic E-state index is 11.1. The number of hydrogen-bond acceptors (Lipinski definition) is 2. The molecule has 0 saturated carbocycles. The molecule has 0 aromatic heterocycles. The van der Waals surface area contributed by atoms with Crippen molar-refractivity contribution in [2.24, 2.45) is 5.92 Å². The molecule has 0 aromatic carbocycles. The highest BCUT2D eigenvalue weighted by Crippen LogP contribution is 2.34. The van der Waals surface area contributed by atoms with Crippen LogP contribution in [0, 0.1) is 5.92 Å². The molecule has 0 amide bonds. The van der Waals surface area contributed by atoms with Crippen molar-refractivity contribution in [1.29, 1.82) is 0 Å². The molecule has 2 nitrogen and oxygen atoms in total. The van der Waals surface area contributed by atoms with Crippen LogP contribution < -0.4 is 0 Å². The van der Waals surface area contributed by atoms with Gasteiger partial charge in [-0.3, -0.25) is 0 Å². The minimum absolute atomic E-state index is 0.0353. The zero-order valence-corrected chi connectivity index (χ0v) is 9.58. The van der Waals surface area contributed by atoms with E-state index in [4.69, 9.17) is 10.7 Å². The van der Waals surface area contributed by atoms with Gasteiger partial charge in [-0.05, 0) is 28.3 Å². The Morgan fingerprint density at radius 1 is 1.67 bits per heavy atom. The van der Waals surface area contributed by atoms with Crippen LogP contribution in [0.2, 0.25) is 0 Å². The quantitative estimate of drug-likeness (QED) is 0.687. The standard InChI is InChI=1S/C7H8BrClO2S/c1-5-3-2-4-6(8)7(5)12(9,10)11/h2,4-5H,3H2,1H3. The summed E-state index contributed by atoms with van der Waals surface area (Å²) < 4.78 is 22.7. The number of halogens is 2. The maximum Gasteiger partial charge on any atom is 0.258 e. The molecule has 0 bridgehead atoms. The molecular formula is C7H8BrClO2S. The molecule has 0 fully saturated rings. The third-order valence-electron chi connectivity index (χ3n) is 1.70. The van der Waals surface area contributed by atoms with Gasteiger partial charge in [0.2, 0.25) is 0 Å². The van der Waals surface area contributed by atoms with Crippen molar-refractivity contribution < 1.29 is 8.42 Å². The molecule has 1 aliphatic rings. The van der Waals surface area contributed by atoms with Gasteiger partial charge in [0.25, 0.3) is 9.05 Å². The van der Waals surface area contributed by atoms with Gasteiger partial charge in [0.05, 0.1) is 4.91 Å². The van der Waals surface area contributed by atoms with Crippen LogP contribution in [-0.2, 0) is 9.05 Å². The summed E-state index contributed by atoms with van der Waals surface area (Å²) in [6.45, 7) is 1.83. The van der Waals surface area contributed by atoms with Crippen LogP contribution in [0.15, 0.2) is 21.5 Å².